The molecule has 3 nitrogen and oxygen atoms in total. The lowest BCUT2D eigenvalue weighted by atomic mass is 10.4. The fraction of sp³-hybridized carbons (Fsp3) is 0.286. The molecule has 0 spiro atoms. The maximum absolute atomic E-state index is 5.89. The number of nitrogens with zero attached hydrogens (tertiary/aromatic N) is 2. The van der Waals surface area contributed by atoms with Gasteiger partial charge >= 0.3 is 0 Å². The summed E-state index contributed by atoms with van der Waals surface area (Å²) in [4.78, 5) is 9.00. The first-order valence-corrected chi connectivity index (χ1v) is 4.41. The molecule has 1 aromatic heterocycles. The average molecular weight is 252 g/mol. The summed E-state index contributed by atoms with van der Waals surface area (Å²) in [6.07, 6.45) is 1.66. The standard InChI is InChI=1S/C7H8BrClN2O/c1-11(12-2)7-6(9)3-5(8)4-10-7/h3-4H,1-2H3. The van der Waals surface area contributed by atoms with E-state index in [1.165, 1.54) is 5.06 Å². The van der Waals surface area contributed by atoms with E-state index in [0.717, 1.165) is 4.47 Å². The normalized spacial score (nSPS) is 10.0. The molecule has 0 aliphatic heterocycles. The lowest BCUT2D eigenvalue weighted by Crippen LogP contribution is -2.16. The Balaban J connectivity index is 3.01. The van der Waals surface area contributed by atoms with E-state index >= 15 is 0 Å². The van der Waals surface area contributed by atoms with Gasteiger partial charge in [-0.05, 0) is 22.0 Å². The summed E-state index contributed by atoms with van der Waals surface area (Å²) >= 11 is 9.15. The summed E-state index contributed by atoms with van der Waals surface area (Å²) in [6, 6.07) is 1.76. The molecule has 12 heavy (non-hydrogen) atoms. The quantitative estimate of drug-likeness (QED) is 0.755. The van der Waals surface area contributed by atoms with Crippen molar-refractivity contribution in [3.05, 3.63) is 21.8 Å². The second-order valence-electron chi connectivity index (χ2n) is 2.14. The third-order valence-corrected chi connectivity index (χ3v) is 2.07. The van der Waals surface area contributed by atoms with Gasteiger partial charge in [0.2, 0.25) is 0 Å². The van der Waals surface area contributed by atoms with Crippen molar-refractivity contribution >= 4 is 33.3 Å². The second kappa shape index (κ2) is 4.07. The Bertz CT molecular complexity index is 282. The van der Waals surface area contributed by atoms with Crippen LogP contribution in [0.3, 0.4) is 0 Å². The zero-order valence-electron chi connectivity index (χ0n) is 6.71. The van der Waals surface area contributed by atoms with Crippen molar-refractivity contribution in [2.75, 3.05) is 19.2 Å². The van der Waals surface area contributed by atoms with E-state index in [-0.39, 0.29) is 0 Å². The topological polar surface area (TPSA) is 25.4 Å². The summed E-state index contributed by atoms with van der Waals surface area (Å²) < 4.78 is 0.848. The number of hydrogen-bond donors (Lipinski definition) is 0. The minimum Gasteiger partial charge on any atom is -0.276 e. The molecule has 0 atom stereocenters. The third kappa shape index (κ3) is 2.09. The number of anilines is 1. The molecule has 0 saturated carbocycles. The SMILES string of the molecule is CON(C)c1ncc(Br)cc1Cl. The molecule has 0 aromatic carbocycles. The molecule has 0 saturated heterocycles. The number of hydrogen-bond acceptors (Lipinski definition) is 3. The van der Waals surface area contributed by atoms with Crippen LogP contribution in [0, 0.1) is 0 Å². The van der Waals surface area contributed by atoms with Gasteiger partial charge in [0.25, 0.3) is 0 Å². The first kappa shape index (κ1) is 9.77. The van der Waals surface area contributed by atoms with Crippen molar-refractivity contribution in [2.24, 2.45) is 0 Å². The lowest BCUT2D eigenvalue weighted by Gasteiger charge is -2.15. The van der Waals surface area contributed by atoms with Gasteiger partial charge in [0.05, 0.1) is 12.1 Å². The van der Waals surface area contributed by atoms with Crippen molar-refractivity contribution < 1.29 is 4.84 Å². The van der Waals surface area contributed by atoms with Gasteiger partial charge in [-0.2, -0.15) is 0 Å². The highest BCUT2D eigenvalue weighted by Crippen LogP contribution is 2.24. The smallest absolute Gasteiger partial charge is 0.171 e. The predicted octanol–water partition coefficient (Wildman–Crippen LogP) is 2.50. The maximum atomic E-state index is 5.89. The van der Waals surface area contributed by atoms with Gasteiger partial charge in [0.1, 0.15) is 0 Å². The highest BCUT2D eigenvalue weighted by atomic mass is 79.9. The van der Waals surface area contributed by atoms with Gasteiger partial charge in [-0.1, -0.05) is 11.6 Å². The maximum Gasteiger partial charge on any atom is 0.171 e. The molecule has 0 unspecified atom stereocenters. The monoisotopic (exact) mass is 250 g/mol. The number of halogens is 2. The lowest BCUT2D eigenvalue weighted by molar-refractivity contribution is 0.182. The minimum atomic E-state index is 0.550. The molecule has 0 aliphatic rings. The van der Waals surface area contributed by atoms with Crippen LogP contribution in [0.1, 0.15) is 0 Å². The summed E-state index contributed by atoms with van der Waals surface area (Å²) in [7, 11) is 3.29. The van der Waals surface area contributed by atoms with E-state index in [4.69, 9.17) is 16.4 Å². The Morgan fingerprint density at radius 1 is 1.67 bits per heavy atom. The summed E-state index contributed by atoms with van der Waals surface area (Å²) in [6.45, 7) is 0. The molecule has 5 heteroatoms. The Morgan fingerprint density at radius 2 is 2.33 bits per heavy atom. The fourth-order valence-electron chi connectivity index (χ4n) is 0.726. The Hall–Kier alpha value is -0.320. The highest BCUT2D eigenvalue weighted by Gasteiger charge is 2.06. The van der Waals surface area contributed by atoms with Gasteiger partial charge in [0, 0.05) is 17.7 Å². The van der Waals surface area contributed by atoms with Gasteiger partial charge in [-0.25, -0.2) is 10.0 Å². The largest absolute Gasteiger partial charge is 0.276 e. The van der Waals surface area contributed by atoms with Crippen molar-refractivity contribution in [3.8, 4) is 0 Å². The molecule has 0 fully saturated rings. The summed E-state index contributed by atoms with van der Waals surface area (Å²) in [5.74, 6) is 0.599. The number of hydroxylamine groups is 1. The van der Waals surface area contributed by atoms with E-state index in [9.17, 15) is 0 Å². The third-order valence-electron chi connectivity index (χ3n) is 1.36. The van der Waals surface area contributed by atoms with Crippen molar-refractivity contribution in [1.82, 2.24) is 4.98 Å². The van der Waals surface area contributed by atoms with Crippen LogP contribution in [0.25, 0.3) is 0 Å². The van der Waals surface area contributed by atoms with Gasteiger partial charge in [0.15, 0.2) is 5.82 Å². The zero-order valence-corrected chi connectivity index (χ0v) is 9.06. The van der Waals surface area contributed by atoms with Crippen LogP contribution >= 0.6 is 27.5 Å². The minimum absolute atomic E-state index is 0.550. The molecular formula is C7H8BrClN2O. The molecule has 0 aliphatic carbocycles. The summed E-state index contributed by atoms with van der Waals surface area (Å²) in [5.41, 5.74) is 0. The Labute approximate surface area is 84.4 Å². The highest BCUT2D eigenvalue weighted by molar-refractivity contribution is 9.10. The van der Waals surface area contributed by atoms with Crippen LogP contribution in [0.2, 0.25) is 5.02 Å². The van der Waals surface area contributed by atoms with E-state index in [0.29, 0.717) is 10.8 Å². The molecule has 0 N–H and O–H groups in total. The Kier molecular flexibility index (Phi) is 3.31. The first-order chi connectivity index (χ1) is 5.65. The summed E-state index contributed by atoms with van der Waals surface area (Å²) in [5, 5.41) is 2.04. The van der Waals surface area contributed by atoms with Crippen LogP contribution in [-0.2, 0) is 4.84 Å². The van der Waals surface area contributed by atoms with Gasteiger partial charge < -0.3 is 0 Å². The van der Waals surface area contributed by atoms with E-state index in [1.807, 2.05) is 0 Å². The Morgan fingerprint density at radius 3 is 2.83 bits per heavy atom. The zero-order chi connectivity index (χ0) is 9.14. The number of rotatable bonds is 2. The van der Waals surface area contributed by atoms with Gasteiger partial charge in [-0.15, -0.1) is 0 Å². The van der Waals surface area contributed by atoms with Crippen molar-refractivity contribution in [1.29, 1.82) is 0 Å². The van der Waals surface area contributed by atoms with Crippen LogP contribution in [0.5, 0.6) is 0 Å². The predicted molar refractivity (Wildman–Crippen MR) is 52.4 cm³/mol. The fourth-order valence-corrected chi connectivity index (χ4v) is 1.47. The molecule has 1 heterocycles. The second-order valence-corrected chi connectivity index (χ2v) is 3.46. The van der Waals surface area contributed by atoms with Crippen LogP contribution < -0.4 is 5.06 Å². The molecular weight excluding hydrogens is 243 g/mol. The van der Waals surface area contributed by atoms with Crippen LogP contribution in [-0.4, -0.2) is 19.1 Å². The molecule has 0 radical (unpaired) electrons. The first-order valence-electron chi connectivity index (χ1n) is 3.24. The number of pyridine rings is 1. The average Bonchev–Trinajstić information content (AvgIpc) is 2.03. The van der Waals surface area contributed by atoms with Crippen molar-refractivity contribution in [2.45, 2.75) is 0 Å². The van der Waals surface area contributed by atoms with E-state index < -0.39 is 0 Å². The van der Waals surface area contributed by atoms with E-state index in [2.05, 4.69) is 20.9 Å². The molecule has 66 valence electrons. The number of aromatic nitrogens is 1. The molecule has 1 rings (SSSR count). The van der Waals surface area contributed by atoms with Crippen LogP contribution in [0.4, 0.5) is 5.82 Å². The van der Waals surface area contributed by atoms with Crippen LogP contribution in [0.15, 0.2) is 16.7 Å². The molecule has 0 bridgehead atoms. The van der Waals surface area contributed by atoms with E-state index in [1.54, 1.807) is 26.4 Å². The van der Waals surface area contributed by atoms with Crippen molar-refractivity contribution in [3.63, 3.8) is 0 Å². The van der Waals surface area contributed by atoms with Gasteiger partial charge in [-0.3, -0.25) is 4.84 Å². The molecule has 0 amide bonds. The molecule has 1 aromatic rings.